The molecule has 1 saturated carbocycles. The van der Waals surface area contributed by atoms with Gasteiger partial charge in [-0.05, 0) is 92.9 Å². The van der Waals surface area contributed by atoms with Crippen LogP contribution >= 0.6 is 0 Å². The van der Waals surface area contributed by atoms with E-state index in [1.165, 1.54) is 12.8 Å². The molecule has 0 N–H and O–H groups in total. The quantitative estimate of drug-likeness (QED) is 0.320. The molecule has 0 aromatic rings. The van der Waals surface area contributed by atoms with Crippen molar-refractivity contribution in [3.63, 3.8) is 0 Å². The number of hydrogen-bond donors (Lipinski definition) is 0. The number of hydrogen-bond acceptors (Lipinski definition) is 2. The first-order valence-electron chi connectivity index (χ1n) is 13.8. The summed E-state index contributed by atoms with van der Waals surface area (Å²) < 4.78 is 55.9. The first-order chi connectivity index (χ1) is 17.0. The van der Waals surface area contributed by atoms with E-state index in [2.05, 4.69) is 6.92 Å². The summed E-state index contributed by atoms with van der Waals surface area (Å²) in [5.41, 5.74) is 0.617. The van der Waals surface area contributed by atoms with Gasteiger partial charge in [0.1, 0.15) is 17.4 Å². The molecule has 0 aromatic carbocycles. The zero-order valence-corrected chi connectivity index (χ0v) is 20.9. The van der Waals surface area contributed by atoms with Crippen molar-refractivity contribution >= 4 is 0 Å². The van der Waals surface area contributed by atoms with Crippen LogP contribution < -0.4 is 0 Å². The lowest BCUT2D eigenvalue weighted by Crippen LogP contribution is -2.23. The minimum atomic E-state index is -0.603. The molecule has 35 heavy (non-hydrogen) atoms. The summed E-state index contributed by atoms with van der Waals surface area (Å²) in [6.07, 6.45) is 19.1. The molecule has 2 fully saturated rings. The van der Waals surface area contributed by atoms with Crippen LogP contribution in [0.2, 0.25) is 0 Å². The van der Waals surface area contributed by atoms with E-state index in [1.54, 1.807) is 6.08 Å². The molecule has 1 heterocycles. The highest BCUT2D eigenvalue weighted by Gasteiger charge is 2.37. The van der Waals surface area contributed by atoms with Crippen LogP contribution in [0.4, 0.5) is 13.2 Å². The Hall–Kier alpha value is -1.75. The van der Waals surface area contributed by atoms with Crippen molar-refractivity contribution < 1.29 is 22.6 Å². The molecule has 0 amide bonds. The molecule has 192 valence electrons. The zero-order valence-electron chi connectivity index (χ0n) is 20.9. The topological polar surface area (TPSA) is 21.8 Å². The van der Waals surface area contributed by atoms with E-state index in [1.807, 2.05) is 24.3 Å². The van der Waals surface area contributed by atoms with E-state index in [9.17, 15) is 4.39 Å². The standard InChI is InChI=1S/C30H39F3O2/c1-2-3-19-4-6-20(7-5-19)25-14-15-26(30(33)29(25)32)21-10-12-24(13-11-21)34-17-23-9-8-22(16-27(23)31)28-18-35-28/h10,12-14,16,19-23,26,28H,2-9,11,15,17-18H2,1H3. The smallest absolute Gasteiger partial charge is 0.158 e. The first kappa shape index (κ1) is 24.9. The van der Waals surface area contributed by atoms with Crippen molar-refractivity contribution in [3.8, 4) is 0 Å². The van der Waals surface area contributed by atoms with Crippen molar-refractivity contribution in [2.24, 2.45) is 35.5 Å². The van der Waals surface area contributed by atoms with Gasteiger partial charge in [0.25, 0.3) is 0 Å². The van der Waals surface area contributed by atoms with Gasteiger partial charge in [-0.1, -0.05) is 31.9 Å². The Morgan fingerprint density at radius 1 is 0.971 bits per heavy atom. The normalized spacial score (nSPS) is 37.5. The van der Waals surface area contributed by atoms with E-state index < -0.39 is 17.6 Å². The van der Waals surface area contributed by atoms with Crippen LogP contribution in [0.1, 0.15) is 71.1 Å². The third kappa shape index (κ3) is 5.81. The monoisotopic (exact) mass is 488 g/mol. The highest BCUT2D eigenvalue weighted by atomic mass is 19.2. The summed E-state index contributed by atoms with van der Waals surface area (Å²) in [6.45, 7) is 3.26. The van der Waals surface area contributed by atoms with Gasteiger partial charge in [-0.15, -0.1) is 0 Å². The Balaban J connectivity index is 1.11. The van der Waals surface area contributed by atoms with Crippen molar-refractivity contribution in [2.75, 3.05) is 13.2 Å². The van der Waals surface area contributed by atoms with E-state index in [0.717, 1.165) is 51.0 Å². The molecule has 5 unspecified atom stereocenters. The highest BCUT2D eigenvalue weighted by Crippen LogP contribution is 2.45. The molecule has 4 aliphatic carbocycles. The van der Waals surface area contributed by atoms with Crippen LogP contribution in [-0.4, -0.2) is 19.3 Å². The Morgan fingerprint density at radius 3 is 2.43 bits per heavy atom. The van der Waals surface area contributed by atoms with E-state index >= 15 is 8.78 Å². The zero-order chi connectivity index (χ0) is 24.4. The SMILES string of the molecule is CCCC1CCC(C2=CCC(C3C=CC(OCC4CCC(C5CO5)C=C4F)=CC3)C(F)=C2F)CC1. The van der Waals surface area contributed by atoms with Crippen LogP contribution in [0.15, 0.2) is 59.2 Å². The molecule has 0 bridgehead atoms. The van der Waals surface area contributed by atoms with Crippen LogP contribution in [0.3, 0.4) is 0 Å². The lowest BCUT2D eigenvalue weighted by atomic mass is 9.73. The Bertz CT molecular complexity index is 918. The van der Waals surface area contributed by atoms with E-state index in [-0.39, 0.29) is 35.6 Å². The molecule has 1 saturated heterocycles. The average Bonchev–Trinajstić information content (AvgIpc) is 3.72. The maximum Gasteiger partial charge on any atom is 0.158 e. The highest BCUT2D eigenvalue weighted by molar-refractivity contribution is 5.36. The van der Waals surface area contributed by atoms with Crippen LogP contribution in [0.5, 0.6) is 0 Å². The Morgan fingerprint density at radius 2 is 1.77 bits per heavy atom. The van der Waals surface area contributed by atoms with Crippen molar-refractivity contribution in [1.29, 1.82) is 0 Å². The molecule has 2 nitrogen and oxygen atoms in total. The molecule has 0 spiro atoms. The summed E-state index contributed by atoms with van der Waals surface area (Å²) in [5, 5.41) is 0. The number of rotatable bonds is 8. The number of epoxide rings is 1. The number of halogens is 3. The fourth-order valence-corrected chi connectivity index (χ4v) is 6.56. The van der Waals surface area contributed by atoms with E-state index in [0.29, 0.717) is 30.8 Å². The van der Waals surface area contributed by atoms with Crippen LogP contribution in [0, 0.1) is 35.5 Å². The summed E-state index contributed by atoms with van der Waals surface area (Å²) in [6, 6.07) is 0. The van der Waals surface area contributed by atoms with Crippen molar-refractivity contribution in [1.82, 2.24) is 0 Å². The molecule has 0 aromatic heterocycles. The molecular formula is C30H39F3O2. The second-order valence-electron chi connectivity index (χ2n) is 11.2. The third-order valence-electron chi connectivity index (χ3n) is 8.88. The van der Waals surface area contributed by atoms with Gasteiger partial charge >= 0.3 is 0 Å². The molecule has 1 aliphatic heterocycles. The lowest BCUT2D eigenvalue weighted by Gasteiger charge is -2.33. The van der Waals surface area contributed by atoms with Gasteiger partial charge in [-0.2, -0.15) is 0 Å². The second-order valence-corrected chi connectivity index (χ2v) is 11.2. The maximum atomic E-state index is 15.2. The molecule has 5 heteroatoms. The first-order valence-corrected chi connectivity index (χ1v) is 13.8. The fraction of sp³-hybridized carbons (Fsp3) is 0.667. The molecular weight excluding hydrogens is 449 g/mol. The van der Waals surface area contributed by atoms with Crippen LogP contribution in [-0.2, 0) is 9.47 Å². The Labute approximate surface area is 208 Å². The van der Waals surface area contributed by atoms with Gasteiger partial charge < -0.3 is 9.47 Å². The summed E-state index contributed by atoms with van der Waals surface area (Å²) in [7, 11) is 0. The fourth-order valence-electron chi connectivity index (χ4n) is 6.56. The minimum Gasteiger partial charge on any atom is -0.493 e. The van der Waals surface area contributed by atoms with Gasteiger partial charge in [-0.25, -0.2) is 13.2 Å². The largest absolute Gasteiger partial charge is 0.493 e. The predicted octanol–water partition coefficient (Wildman–Crippen LogP) is 8.44. The lowest BCUT2D eigenvalue weighted by molar-refractivity contribution is 0.157. The average molecular weight is 489 g/mol. The molecule has 5 rings (SSSR count). The molecule has 5 aliphatic rings. The van der Waals surface area contributed by atoms with Crippen LogP contribution in [0.25, 0.3) is 0 Å². The van der Waals surface area contributed by atoms with Crippen molar-refractivity contribution in [2.45, 2.75) is 77.2 Å². The second kappa shape index (κ2) is 11.1. The molecule has 0 radical (unpaired) electrons. The Kier molecular flexibility index (Phi) is 7.91. The van der Waals surface area contributed by atoms with Gasteiger partial charge in [0, 0.05) is 17.8 Å². The van der Waals surface area contributed by atoms with E-state index in [4.69, 9.17) is 9.47 Å². The third-order valence-corrected chi connectivity index (χ3v) is 8.88. The predicted molar refractivity (Wildman–Crippen MR) is 132 cm³/mol. The number of ether oxygens (including phenoxy) is 2. The van der Waals surface area contributed by atoms with Gasteiger partial charge in [0.05, 0.1) is 19.3 Å². The summed E-state index contributed by atoms with van der Waals surface area (Å²) in [4.78, 5) is 0. The summed E-state index contributed by atoms with van der Waals surface area (Å²) >= 11 is 0. The van der Waals surface area contributed by atoms with Crippen molar-refractivity contribution in [3.05, 3.63) is 59.2 Å². The molecule has 5 atom stereocenters. The van der Waals surface area contributed by atoms with Gasteiger partial charge in [0.2, 0.25) is 0 Å². The van der Waals surface area contributed by atoms with Gasteiger partial charge in [-0.3, -0.25) is 0 Å². The summed E-state index contributed by atoms with van der Waals surface area (Å²) in [5.74, 6) is -0.220. The number of allylic oxidation sites excluding steroid dienone is 7. The van der Waals surface area contributed by atoms with Gasteiger partial charge in [0.15, 0.2) is 5.83 Å². The maximum absolute atomic E-state index is 15.2. The minimum absolute atomic E-state index is 0.0863.